The third-order valence-corrected chi connectivity index (χ3v) is 5.67. The second-order valence-electron chi connectivity index (χ2n) is 7.13. The molecule has 0 spiro atoms. The molecule has 8 nitrogen and oxygen atoms in total. The number of thioether (sulfide) groups is 1. The second kappa shape index (κ2) is 11.7. The van der Waals surface area contributed by atoms with E-state index in [0.717, 1.165) is 59.0 Å². The van der Waals surface area contributed by atoms with Crippen molar-refractivity contribution in [2.75, 3.05) is 39.8 Å². The van der Waals surface area contributed by atoms with E-state index >= 15 is 0 Å². The van der Waals surface area contributed by atoms with Gasteiger partial charge in [-0.2, -0.15) is 11.8 Å². The molecule has 0 aliphatic rings. The lowest BCUT2D eigenvalue weighted by molar-refractivity contribution is 0.353. The van der Waals surface area contributed by atoms with Gasteiger partial charge in [0.2, 0.25) is 0 Å². The number of aromatic nitrogens is 3. The van der Waals surface area contributed by atoms with Crippen LogP contribution in [0.5, 0.6) is 11.5 Å². The lowest BCUT2D eigenvalue weighted by atomic mass is 10.1. The summed E-state index contributed by atoms with van der Waals surface area (Å²) in [6, 6.07) is 4.04. The third kappa shape index (κ3) is 6.29. The second-order valence-corrected chi connectivity index (χ2v) is 8.11. The first-order chi connectivity index (χ1) is 14.4. The van der Waals surface area contributed by atoms with E-state index in [1.165, 1.54) is 0 Å². The van der Waals surface area contributed by atoms with Crippen molar-refractivity contribution in [1.29, 1.82) is 0 Å². The number of aryl methyl sites for hydroxylation is 2. The van der Waals surface area contributed by atoms with Gasteiger partial charge in [0.1, 0.15) is 12.4 Å². The molecular weight excluding hydrogens is 400 g/mol. The van der Waals surface area contributed by atoms with Gasteiger partial charge < -0.3 is 24.3 Å². The van der Waals surface area contributed by atoms with Crippen molar-refractivity contribution < 1.29 is 9.47 Å². The number of hydrogen-bond donors (Lipinski definition) is 1. The maximum absolute atomic E-state index is 5.48. The molecule has 0 unspecified atom stereocenters. The first-order valence-corrected chi connectivity index (χ1v) is 11.3. The van der Waals surface area contributed by atoms with E-state index in [0.29, 0.717) is 13.1 Å². The fourth-order valence-electron chi connectivity index (χ4n) is 2.99. The Hall–Kier alpha value is -2.42. The Labute approximate surface area is 184 Å². The minimum atomic E-state index is 0.470. The summed E-state index contributed by atoms with van der Waals surface area (Å²) in [7, 11) is 7.31. The number of nitrogens with one attached hydrogen (secondary N) is 1. The van der Waals surface area contributed by atoms with Crippen LogP contribution < -0.4 is 14.8 Å². The van der Waals surface area contributed by atoms with Gasteiger partial charge in [-0.15, -0.1) is 10.2 Å². The van der Waals surface area contributed by atoms with Crippen molar-refractivity contribution in [3.8, 4) is 11.5 Å². The van der Waals surface area contributed by atoms with E-state index in [1.54, 1.807) is 14.2 Å². The average molecular weight is 435 g/mol. The van der Waals surface area contributed by atoms with Gasteiger partial charge in [-0.25, -0.2) is 4.99 Å². The lowest BCUT2D eigenvalue weighted by Gasteiger charge is -2.24. The Morgan fingerprint density at radius 2 is 1.90 bits per heavy atom. The zero-order chi connectivity index (χ0) is 22.1. The number of guanidine groups is 1. The average Bonchev–Trinajstić information content (AvgIpc) is 3.06. The zero-order valence-electron chi connectivity index (χ0n) is 19.2. The first kappa shape index (κ1) is 23.9. The molecular formula is C21H34N6O2S. The Morgan fingerprint density at radius 1 is 1.20 bits per heavy atom. The van der Waals surface area contributed by atoms with Crippen molar-refractivity contribution in [2.45, 2.75) is 33.4 Å². The standard InChI is InChI=1S/C21H34N6O2S/c1-15-11-18(28-5)19(29-6)12-17(15)14-26(3)21(22-9-8-10-30-7)23-13-20-25-24-16(2)27(20)4/h11-12H,8-10,13-14H2,1-7H3,(H,22,23). The van der Waals surface area contributed by atoms with Gasteiger partial charge in [-0.3, -0.25) is 0 Å². The lowest BCUT2D eigenvalue weighted by Crippen LogP contribution is -2.39. The number of nitrogens with zero attached hydrogens (tertiary/aromatic N) is 5. The summed E-state index contributed by atoms with van der Waals surface area (Å²) in [6.45, 7) is 6.05. The van der Waals surface area contributed by atoms with Crippen LogP contribution in [0, 0.1) is 13.8 Å². The Bertz CT molecular complexity index is 852. The highest BCUT2D eigenvalue weighted by atomic mass is 32.2. The minimum absolute atomic E-state index is 0.470. The van der Waals surface area contributed by atoms with Gasteiger partial charge in [0.15, 0.2) is 23.3 Å². The topological polar surface area (TPSA) is 76.8 Å². The van der Waals surface area contributed by atoms with Crippen LogP contribution in [0.4, 0.5) is 0 Å². The molecule has 0 bridgehead atoms. The number of aliphatic imine (C=N–C) groups is 1. The predicted octanol–water partition coefficient (Wildman–Crippen LogP) is 2.78. The summed E-state index contributed by atoms with van der Waals surface area (Å²) < 4.78 is 12.9. The maximum Gasteiger partial charge on any atom is 0.194 e. The molecule has 1 aromatic heterocycles. The van der Waals surface area contributed by atoms with Gasteiger partial charge in [-0.1, -0.05) is 0 Å². The van der Waals surface area contributed by atoms with Crippen molar-refractivity contribution in [2.24, 2.45) is 12.0 Å². The highest BCUT2D eigenvalue weighted by molar-refractivity contribution is 7.98. The van der Waals surface area contributed by atoms with Crippen LogP contribution in [-0.4, -0.2) is 65.4 Å². The molecule has 0 aliphatic heterocycles. The number of methoxy groups -OCH3 is 2. The van der Waals surface area contributed by atoms with Crippen LogP contribution >= 0.6 is 11.8 Å². The summed E-state index contributed by atoms with van der Waals surface area (Å²) in [5, 5.41) is 11.8. The number of rotatable bonds is 10. The molecule has 0 atom stereocenters. The third-order valence-electron chi connectivity index (χ3n) is 4.97. The van der Waals surface area contributed by atoms with Crippen LogP contribution in [0.15, 0.2) is 17.1 Å². The molecule has 0 saturated carbocycles. The number of benzene rings is 1. The van der Waals surface area contributed by atoms with Gasteiger partial charge in [0.25, 0.3) is 0 Å². The molecule has 0 saturated heterocycles. The molecule has 0 fully saturated rings. The largest absolute Gasteiger partial charge is 0.493 e. The molecule has 9 heteroatoms. The van der Waals surface area contributed by atoms with Crippen LogP contribution in [-0.2, 0) is 20.1 Å². The van der Waals surface area contributed by atoms with Crippen molar-refractivity contribution in [3.63, 3.8) is 0 Å². The van der Waals surface area contributed by atoms with E-state index in [4.69, 9.17) is 14.5 Å². The van der Waals surface area contributed by atoms with Crippen molar-refractivity contribution >= 4 is 17.7 Å². The number of hydrogen-bond acceptors (Lipinski definition) is 6. The smallest absolute Gasteiger partial charge is 0.194 e. The SMILES string of the molecule is COc1cc(C)c(CN(C)C(=NCc2nnc(C)n2C)NCCCSC)cc1OC. The van der Waals surface area contributed by atoms with E-state index in [1.807, 2.05) is 49.5 Å². The molecule has 1 N–H and O–H groups in total. The van der Waals surface area contributed by atoms with Gasteiger partial charge in [-0.05, 0) is 55.5 Å². The van der Waals surface area contributed by atoms with Crippen molar-refractivity contribution in [3.05, 3.63) is 34.9 Å². The monoisotopic (exact) mass is 434 g/mol. The molecule has 0 aliphatic carbocycles. The normalized spacial score (nSPS) is 11.5. The summed E-state index contributed by atoms with van der Waals surface area (Å²) in [5.74, 6) is 5.14. The minimum Gasteiger partial charge on any atom is -0.493 e. The molecule has 0 amide bonds. The highest BCUT2D eigenvalue weighted by Gasteiger charge is 2.13. The summed E-state index contributed by atoms with van der Waals surface area (Å²) in [6.07, 6.45) is 3.20. The van der Waals surface area contributed by atoms with E-state index < -0.39 is 0 Å². The fourth-order valence-corrected chi connectivity index (χ4v) is 3.42. The van der Waals surface area contributed by atoms with Crippen LogP contribution in [0.25, 0.3) is 0 Å². The zero-order valence-corrected chi connectivity index (χ0v) is 20.0. The Balaban J connectivity index is 2.20. The van der Waals surface area contributed by atoms with Gasteiger partial charge in [0, 0.05) is 27.2 Å². The summed E-state index contributed by atoms with van der Waals surface area (Å²) in [4.78, 5) is 6.93. The molecule has 166 valence electrons. The summed E-state index contributed by atoms with van der Waals surface area (Å²) in [5.41, 5.74) is 2.30. The predicted molar refractivity (Wildman–Crippen MR) is 124 cm³/mol. The van der Waals surface area contributed by atoms with Crippen LogP contribution in [0.1, 0.15) is 29.2 Å². The Kier molecular flexibility index (Phi) is 9.29. The molecule has 30 heavy (non-hydrogen) atoms. The quantitative estimate of drug-likeness (QED) is 0.350. The maximum atomic E-state index is 5.48. The summed E-state index contributed by atoms with van der Waals surface area (Å²) >= 11 is 1.85. The fraction of sp³-hybridized carbons (Fsp3) is 0.571. The first-order valence-electron chi connectivity index (χ1n) is 9.96. The molecule has 2 aromatic rings. The molecule has 1 aromatic carbocycles. The van der Waals surface area contributed by atoms with E-state index in [2.05, 4.69) is 33.6 Å². The van der Waals surface area contributed by atoms with E-state index in [9.17, 15) is 0 Å². The van der Waals surface area contributed by atoms with Gasteiger partial charge in [0.05, 0.1) is 14.2 Å². The van der Waals surface area contributed by atoms with Crippen LogP contribution in [0.2, 0.25) is 0 Å². The van der Waals surface area contributed by atoms with Crippen LogP contribution in [0.3, 0.4) is 0 Å². The molecule has 1 heterocycles. The highest BCUT2D eigenvalue weighted by Crippen LogP contribution is 2.30. The molecule has 2 rings (SSSR count). The molecule has 0 radical (unpaired) electrons. The van der Waals surface area contributed by atoms with Gasteiger partial charge >= 0.3 is 0 Å². The number of ether oxygens (including phenoxy) is 2. The van der Waals surface area contributed by atoms with E-state index in [-0.39, 0.29) is 0 Å². The Morgan fingerprint density at radius 3 is 2.50 bits per heavy atom. The van der Waals surface area contributed by atoms with Crippen molar-refractivity contribution in [1.82, 2.24) is 25.0 Å².